The molecule has 0 unspecified atom stereocenters. The van der Waals surface area contributed by atoms with Crippen LogP contribution in [0.4, 0.5) is 0 Å². The molecule has 2 aromatic heterocycles. The van der Waals surface area contributed by atoms with Crippen LogP contribution in [0.25, 0.3) is 68.8 Å². The van der Waals surface area contributed by atoms with E-state index in [1.54, 1.807) is 0 Å². The van der Waals surface area contributed by atoms with E-state index in [4.69, 9.17) is 0 Å². The Labute approximate surface area is 292 Å². The molecule has 0 N–H and O–H groups in total. The summed E-state index contributed by atoms with van der Waals surface area (Å²) >= 11 is 0. The van der Waals surface area contributed by atoms with Crippen LogP contribution in [0.3, 0.4) is 0 Å². The average molecular weight is 639 g/mol. The van der Waals surface area contributed by atoms with Crippen molar-refractivity contribution < 1.29 is 0 Å². The molecule has 9 rings (SSSR count). The molecule has 0 radical (unpaired) electrons. The molecule has 0 spiro atoms. The Balaban J connectivity index is 0.000000914. The molecule has 49 heavy (non-hydrogen) atoms. The van der Waals surface area contributed by atoms with E-state index in [9.17, 15) is 0 Å². The summed E-state index contributed by atoms with van der Waals surface area (Å²) in [5.74, 6) is 0. The van der Waals surface area contributed by atoms with E-state index < -0.39 is 0 Å². The first kappa shape index (κ1) is 32.2. The fourth-order valence-electron chi connectivity index (χ4n) is 7.69. The molecule has 3 aliphatic rings. The van der Waals surface area contributed by atoms with E-state index in [-0.39, 0.29) is 0 Å². The maximum Gasteiger partial charge on any atom is 0.0537 e. The van der Waals surface area contributed by atoms with Crippen molar-refractivity contribution in [2.45, 2.75) is 59.8 Å². The van der Waals surface area contributed by atoms with Crippen LogP contribution in [-0.2, 0) is 12.8 Å². The Morgan fingerprint density at radius 2 is 1.04 bits per heavy atom. The monoisotopic (exact) mass is 638 g/mol. The number of benzene rings is 4. The Bertz CT molecular complexity index is 2230. The number of hydrogen-bond acceptors (Lipinski definition) is 0. The van der Waals surface area contributed by atoms with Gasteiger partial charge in [0.25, 0.3) is 0 Å². The number of nitrogens with zero attached hydrogens (tertiary/aromatic N) is 2. The van der Waals surface area contributed by atoms with Gasteiger partial charge in [0.2, 0.25) is 0 Å². The van der Waals surface area contributed by atoms with Gasteiger partial charge in [-0.1, -0.05) is 143 Å². The van der Waals surface area contributed by atoms with E-state index in [1.165, 1.54) is 78.3 Å². The van der Waals surface area contributed by atoms with Gasteiger partial charge in [-0.2, -0.15) is 0 Å². The molecule has 0 fully saturated rings. The Kier molecular flexibility index (Phi) is 9.48. The molecular weight excluding hydrogens is 593 g/mol. The highest BCUT2D eigenvalue weighted by molar-refractivity contribution is 5.94. The molecule has 2 heteroatoms. The quantitative estimate of drug-likeness (QED) is 0.182. The van der Waals surface area contributed by atoms with E-state index >= 15 is 0 Å². The van der Waals surface area contributed by atoms with Crippen molar-refractivity contribution in [3.05, 3.63) is 155 Å². The summed E-state index contributed by atoms with van der Waals surface area (Å²) in [6.07, 6.45) is 23.7. The lowest BCUT2D eigenvalue weighted by Crippen LogP contribution is -2.08. The number of aromatic nitrogens is 2. The predicted molar refractivity (Wildman–Crippen MR) is 214 cm³/mol. The van der Waals surface area contributed by atoms with Crippen LogP contribution < -0.4 is 0 Å². The fraction of sp³-hybridized carbons (Fsp3) is 0.191. The third kappa shape index (κ3) is 5.76. The molecular formula is C47H46N2. The highest BCUT2D eigenvalue weighted by Gasteiger charge is 2.24. The average Bonchev–Trinajstić information content (AvgIpc) is 3.57. The van der Waals surface area contributed by atoms with Crippen molar-refractivity contribution in [2.75, 3.05) is 0 Å². The second kappa shape index (κ2) is 14.4. The van der Waals surface area contributed by atoms with Gasteiger partial charge in [0.1, 0.15) is 0 Å². The molecule has 0 atom stereocenters. The second-order valence-electron chi connectivity index (χ2n) is 12.3. The second-order valence-corrected chi connectivity index (χ2v) is 12.3. The summed E-state index contributed by atoms with van der Waals surface area (Å²) in [5.41, 5.74) is 16.8. The minimum absolute atomic E-state index is 0.956. The zero-order valence-electron chi connectivity index (χ0n) is 29.3. The predicted octanol–water partition coefficient (Wildman–Crippen LogP) is 13.2. The molecule has 0 saturated heterocycles. The normalized spacial score (nSPS) is 13.8. The van der Waals surface area contributed by atoms with E-state index in [0.29, 0.717) is 0 Å². The number of rotatable bonds is 4. The molecule has 2 nitrogen and oxygen atoms in total. The Hall–Kier alpha value is -5.34. The Morgan fingerprint density at radius 3 is 1.80 bits per heavy atom. The summed E-state index contributed by atoms with van der Waals surface area (Å²) in [6, 6.07) is 35.9. The molecule has 244 valence electrons. The summed E-state index contributed by atoms with van der Waals surface area (Å²) in [6.45, 7) is 8.00. The van der Waals surface area contributed by atoms with Crippen molar-refractivity contribution in [1.82, 2.24) is 9.13 Å². The first-order valence-corrected chi connectivity index (χ1v) is 18.2. The van der Waals surface area contributed by atoms with Gasteiger partial charge >= 0.3 is 0 Å². The standard InChI is InChI=1S/C43H34N2.2C2H6/c1-3-15-30(16-4-1)34-17-7-8-18-35(34)31-27-32(44-40-23-6-2-5-19-36(40)37-20-9-12-24-41(37)44)29-33(28-31)45-42-25-13-10-21-38(42)39-22-11-14-26-43(39)45;2*1-2/h1,3-11,13,15-23,25,27-29H,2,12,14,24,26H2;2*1-2H3. The first-order valence-electron chi connectivity index (χ1n) is 18.2. The summed E-state index contributed by atoms with van der Waals surface area (Å²) < 4.78 is 5.09. The molecule has 3 aliphatic carbocycles. The number of fused-ring (bicyclic) bond motifs is 6. The Morgan fingerprint density at radius 1 is 0.469 bits per heavy atom. The number of allylic oxidation sites excluding steroid dienone is 4. The first-order chi connectivity index (χ1) is 24.3. The van der Waals surface area contributed by atoms with Crippen molar-refractivity contribution >= 4 is 35.2 Å². The third-order valence-corrected chi connectivity index (χ3v) is 9.64. The zero-order valence-corrected chi connectivity index (χ0v) is 29.3. The number of para-hydroxylation sites is 1. The van der Waals surface area contributed by atoms with Crippen LogP contribution in [0.5, 0.6) is 0 Å². The highest BCUT2D eigenvalue weighted by atomic mass is 15.0. The molecule has 4 aromatic carbocycles. The van der Waals surface area contributed by atoms with Crippen molar-refractivity contribution in [3.8, 4) is 33.6 Å². The van der Waals surface area contributed by atoms with Gasteiger partial charge < -0.3 is 9.13 Å². The SMILES string of the molecule is C1=Cc2c3c(n(-c4cc(-c5ccccc5-c5ccccc5)cc(-n5c6c(c7ccccc75)C=CCC6)c4)c2C=CC1)CCC=C3.CC.CC. The topological polar surface area (TPSA) is 9.86 Å². The summed E-state index contributed by atoms with van der Waals surface area (Å²) in [5, 5.41) is 1.32. The zero-order chi connectivity index (χ0) is 33.7. The molecule has 2 heterocycles. The summed E-state index contributed by atoms with van der Waals surface area (Å²) in [7, 11) is 0. The number of hydrogen-bond donors (Lipinski definition) is 0. The lowest BCUT2D eigenvalue weighted by atomic mass is 9.94. The summed E-state index contributed by atoms with van der Waals surface area (Å²) in [4.78, 5) is 0. The molecule has 0 amide bonds. The van der Waals surface area contributed by atoms with E-state index in [1.807, 2.05) is 27.7 Å². The molecule has 0 saturated carbocycles. The van der Waals surface area contributed by atoms with Crippen LogP contribution in [0, 0.1) is 0 Å². The van der Waals surface area contributed by atoms with E-state index in [2.05, 4.69) is 155 Å². The van der Waals surface area contributed by atoms with Crippen LogP contribution in [-0.4, -0.2) is 9.13 Å². The highest BCUT2D eigenvalue weighted by Crippen LogP contribution is 2.41. The van der Waals surface area contributed by atoms with Gasteiger partial charge in [0.15, 0.2) is 0 Å². The van der Waals surface area contributed by atoms with E-state index in [0.717, 1.165) is 32.1 Å². The van der Waals surface area contributed by atoms with Crippen LogP contribution >= 0.6 is 0 Å². The third-order valence-electron chi connectivity index (χ3n) is 9.64. The van der Waals surface area contributed by atoms with Crippen molar-refractivity contribution in [1.29, 1.82) is 0 Å². The van der Waals surface area contributed by atoms with Gasteiger partial charge in [-0.15, -0.1) is 0 Å². The van der Waals surface area contributed by atoms with Crippen LogP contribution in [0.15, 0.2) is 121 Å². The van der Waals surface area contributed by atoms with Gasteiger partial charge in [-0.3, -0.25) is 0 Å². The minimum Gasteiger partial charge on any atom is -0.313 e. The fourth-order valence-corrected chi connectivity index (χ4v) is 7.69. The maximum absolute atomic E-state index is 2.55. The molecule has 0 aliphatic heterocycles. The van der Waals surface area contributed by atoms with Gasteiger partial charge in [0.05, 0.1) is 11.2 Å². The van der Waals surface area contributed by atoms with Crippen molar-refractivity contribution in [3.63, 3.8) is 0 Å². The lowest BCUT2D eigenvalue weighted by Gasteiger charge is -2.20. The molecule has 0 bridgehead atoms. The maximum atomic E-state index is 2.55. The van der Waals surface area contributed by atoms with Gasteiger partial charge in [-0.25, -0.2) is 0 Å². The smallest absolute Gasteiger partial charge is 0.0537 e. The van der Waals surface area contributed by atoms with Crippen LogP contribution in [0.2, 0.25) is 0 Å². The van der Waals surface area contributed by atoms with Crippen LogP contribution in [0.1, 0.15) is 80.7 Å². The van der Waals surface area contributed by atoms with Crippen molar-refractivity contribution in [2.24, 2.45) is 0 Å². The minimum atomic E-state index is 0.956. The molecule has 6 aromatic rings. The largest absolute Gasteiger partial charge is 0.313 e. The van der Waals surface area contributed by atoms with Gasteiger partial charge in [0, 0.05) is 44.8 Å². The van der Waals surface area contributed by atoms with Gasteiger partial charge in [-0.05, 0) is 84.7 Å². The lowest BCUT2D eigenvalue weighted by molar-refractivity contribution is 0.864.